The molecule has 0 aliphatic heterocycles. The predicted octanol–water partition coefficient (Wildman–Crippen LogP) is 7.10. The third-order valence-electron chi connectivity index (χ3n) is 7.63. The zero-order valence-corrected chi connectivity index (χ0v) is 22.7. The van der Waals surface area contributed by atoms with Gasteiger partial charge < -0.3 is 0 Å². The van der Waals surface area contributed by atoms with Gasteiger partial charge in [0.25, 0.3) is 0 Å². The summed E-state index contributed by atoms with van der Waals surface area (Å²) in [6.45, 7) is 0. The maximum atomic E-state index is 2.45. The van der Waals surface area contributed by atoms with Gasteiger partial charge >= 0.3 is 0 Å². The standard InChI is InChI=1S/C36H26SSi/c1-4-14-29(15-5-1)38(30-16-6-2-7-17-30,31-18-8-3-9-19-31)32-20-12-13-27(25-32)28-23-24-36-34(26-28)33-21-10-11-22-35(33)37-36/h1-26H. The van der Waals surface area contributed by atoms with E-state index >= 15 is 0 Å². The Balaban J connectivity index is 1.49. The lowest BCUT2D eigenvalue weighted by Gasteiger charge is -2.34. The summed E-state index contributed by atoms with van der Waals surface area (Å²) < 4.78 is 2.68. The van der Waals surface area contributed by atoms with Crippen LogP contribution >= 0.6 is 11.3 Å². The summed E-state index contributed by atoms with van der Waals surface area (Å²) in [4.78, 5) is 0. The Labute approximate surface area is 228 Å². The molecular weight excluding hydrogens is 493 g/mol. The fourth-order valence-corrected chi connectivity index (χ4v) is 11.8. The summed E-state index contributed by atoms with van der Waals surface area (Å²) >= 11 is 1.87. The van der Waals surface area contributed by atoms with Crippen LogP contribution < -0.4 is 20.7 Å². The molecular formula is C36H26SSi. The highest BCUT2D eigenvalue weighted by Crippen LogP contribution is 2.36. The normalized spacial score (nSPS) is 11.7. The average molecular weight is 519 g/mol. The highest BCUT2D eigenvalue weighted by atomic mass is 32.1. The second-order valence-corrected chi connectivity index (χ2v) is 14.6. The van der Waals surface area contributed by atoms with Crippen LogP contribution in [-0.4, -0.2) is 8.07 Å². The van der Waals surface area contributed by atoms with Crippen LogP contribution in [0.25, 0.3) is 31.3 Å². The van der Waals surface area contributed by atoms with Crippen LogP contribution in [0.5, 0.6) is 0 Å². The summed E-state index contributed by atoms with van der Waals surface area (Å²) in [5, 5.41) is 8.27. The van der Waals surface area contributed by atoms with Crippen LogP contribution in [0.3, 0.4) is 0 Å². The van der Waals surface area contributed by atoms with Crippen molar-refractivity contribution in [3.05, 3.63) is 158 Å². The van der Waals surface area contributed by atoms with Crippen molar-refractivity contribution in [3.63, 3.8) is 0 Å². The van der Waals surface area contributed by atoms with Gasteiger partial charge in [-0.2, -0.15) is 0 Å². The van der Waals surface area contributed by atoms with Crippen molar-refractivity contribution in [2.45, 2.75) is 0 Å². The van der Waals surface area contributed by atoms with E-state index in [9.17, 15) is 0 Å². The molecule has 0 aliphatic carbocycles. The van der Waals surface area contributed by atoms with Crippen molar-refractivity contribution in [1.29, 1.82) is 0 Å². The Hall–Kier alpha value is -4.24. The predicted molar refractivity (Wildman–Crippen MR) is 168 cm³/mol. The Morgan fingerprint density at radius 2 is 0.842 bits per heavy atom. The van der Waals surface area contributed by atoms with Crippen LogP contribution in [-0.2, 0) is 0 Å². The van der Waals surface area contributed by atoms with Crippen molar-refractivity contribution in [2.75, 3.05) is 0 Å². The van der Waals surface area contributed by atoms with Crippen LogP contribution in [0.4, 0.5) is 0 Å². The van der Waals surface area contributed by atoms with Crippen LogP contribution in [0.15, 0.2) is 158 Å². The van der Waals surface area contributed by atoms with Crippen molar-refractivity contribution in [3.8, 4) is 11.1 Å². The maximum absolute atomic E-state index is 2.55. The number of benzene rings is 6. The molecule has 7 aromatic rings. The van der Waals surface area contributed by atoms with Gasteiger partial charge in [0.2, 0.25) is 0 Å². The van der Waals surface area contributed by atoms with Gasteiger partial charge in [-0.05, 0) is 50.1 Å². The van der Waals surface area contributed by atoms with Gasteiger partial charge in [-0.1, -0.05) is 140 Å². The molecule has 7 rings (SSSR count). The Morgan fingerprint density at radius 1 is 0.342 bits per heavy atom. The van der Waals surface area contributed by atoms with Crippen molar-refractivity contribution < 1.29 is 0 Å². The molecule has 0 fully saturated rings. The van der Waals surface area contributed by atoms with E-state index in [1.807, 2.05) is 11.3 Å². The Kier molecular flexibility index (Phi) is 5.77. The molecule has 0 N–H and O–H groups in total. The first-order valence-electron chi connectivity index (χ1n) is 13.0. The fraction of sp³-hybridized carbons (Fsp3) is 0. The van der Waals surface area contributed by atoms with E-state index < -0.39 is 8.07 Å². The summed E-state index contributed by atoms with van der Waals surface area (Å²) in [6.07, 6.45) is 0. The Bertz CT molecular complexity index is 1760. The first-order valence-corrected chi connectivity index (χ1v) is 15.8. The molecule has 0 saturated carbocycles. The van der Waals surface area contributed by atoms with Crippen LogP contribution in [0.2, 0.25) is 0 Å². The lowest BCUT2D eigenvalue weighted by atomic mass is 10.0. The zero-order valence-electron chi connectivity index (χ0n) is 20.9. The summed E-state index contributed by atoms with van der Waals surface area (Å²) in [7, 11) is -2.55. The third kappa shape index (κ3) is 3.73. The zero-order chi connectivity index (χ0) is 25.4. The van der Waals surface area contributed by atoms with E-state index in [0.717, 1.165) is 0 Å². The summed E-state index contributed by atoms with van der Waals surface area (Å²) in [6, 6.07) is 58.4. The van der Waals surface area contributed by atoms with Crippen LogP contribution in [0, 0.1) is 0 Å². The molecule has 0 nitrogen and oxygen atoms in total. The molecule has 0 amide bonds. The van der Waals surface area contributed by atoms with Gasteiger partial charge in [-0.25, -0.2) is 0 Å². The molecule has 0 aliphatic rings. The summed E-state index contributed by atoms with van der Waals surface area (Å²) in [5.74, 6) is 0. The van der Waals surface area contributed by atoms with Crippen molar-refractivity contribution in [2.24, 2.45) is 0 Å². The number of fused-ring (bicyclic) bond motifs is 3. The molecule has 1 aromatic heterocycles. The van der Waals surface area contributed by atoms with Gasteiger partial charge in [-0.15, -0.1) is 11.3 Å². The van der Waals surface area contributed by atoms with Crippen LogP contribution in [0.1, 0.15) is 0 Å². The van der Waals surface area contributed by atoms with E-state index in [4.69, 9.17) is 0 Å². The first kappa shape index (κ1) is 22.9. The lowest BCUT2D eigenvalue weighted by Crippen LogP contribution is -2.74. The molecule has 2 heteroatoms. The number of rotatable bonds is 5. The molecule has 0 bridgehead atoms. The number of thiophene rings is 1. The third-order valence-corrected chi connectivity index (χ3v) is 13.6. The van der Waals surface area contributed by atoms with Gasteiger partial charge in [0.15, 0.2) is 8.07 Å². The molecule has 0 spiro atoms. The van der Waals surface area contributed by atoms with E-state index in [0.29, 0.717) is 0 Å². The van der Waals surface area contributed by atoms with Crippen molar-refractivity contribution >= 4 is 60.3 Å². The van der Waals surface area contributed by atoms with E-state index in [-0.39, 0.29) is 0 Å². The quantitative estimate of drug-likeness (QED) is 0.168. The SMILES string of the molecule is c1ccc([Si](c2ccccc2)(c2ccccc2)c2cccc(-c3ccc4sc5ccccc5c4c3)c2)cc1. The average Bonchev–Trinajstić information content (AvgIpc) is 3.38. The second kappa shape index (κ2) is 9.57. The minimum Gasteiger partial charge on any atom is -0.135 e. The molecule has 38 heavy (non-hydrogen) atoms. The minimum atomic E-state index is -2.55. The monoisotopic (exact) mass is 518 g/mol. The lowest BCUT2D eigenvalue weighted by molar-refractivity contribution is 1.64. The van der Waals surface area contributed by atoms with Gasteiger partial charge in [0.05, 0.1) is 0 Å². The van der Waals surface area contributed by atoms with E-state index in [1.54, 1.807) is 0 Å². The maximum Gasteiger partial charge on any atom is 0.179 e. The number of hydrogen-bond acceptors (Lipinski definition) is 1. The molecule has 0 unspecified atom stereocenters. The highest BCUT2D eigenvalue weighted by Gasteiger charge is 2.41. The number of hydrogen-bond donors (Lipinski definition) is 0. The molecule has 1 heterocycles. The molecule has 0 saturated heterocycles. The van der Waals surface area contributed by atoms with Gasteiger partial charge in [0.1, 0.15) is 0 Å². The van der Waals surface area contributed by atoms with E-state index in [2.05, 4.69) is 158 Å². The topological polar surface area (TPSA) is 0 Å². The highest BCUT2D eigenvalue weighted by molar-refractivity contribution is 7.25. The molecule has 180 valence electrons. The van der Waals surface area contributed by atoms with E-state index in [1.165, 1.54) is 52.0 Å². The first-order chi connectivity index (χ1) is 18.8. The molecule has 6 aromatic carbocycles. The molecule has 0 atom stereocenters. The van der Waals surface area contributed by atoms with Gasteiger partial charge in [-0.3, -0.25) is 0 Å². The smallest absolute Gasteiger partial charge is 0.135 e. The van der Waals surface area contributed by atoms with Gasteiger partial charge in [0, 0.05) is 20.2 Å². The minimum absolute atomic E-state index is 1.26. The summed E-state index contributed by atoms with van der Waals surface area (Å²) in [5.41, 5.74) is 2.53. The fourth-order valence-electron chi connectivity index (χ4n) is 5.90. The largest absolute Gasteiger partial charge is 0.179 e. The van der Waals surface area contributed by atoms with Crippen molar-refractivity contribution in [1.82, 2.24) is 0 Å². The second-order valence-electron chi connectivity index (χ2n) is 9.74. The Morgan fingerprint density at radius 3 is 1.47 bits per heavy atom. The molecule has 0 radical (unpaired) electrons.